The van der Waals surface area contributed by atoms with Gasteiger partial charge in [0.25, 0.3) is 0 Å². The molecule has 0 aromatic heterocycles. The SMILES string of the molecule is COc1ccc(C2C[C@H](O)c3ccc(Br)cc3O2)cc1Cl. The van der Waals surface area contributed by atoms with Gasteiger partial charge in [0, 0.05) is 16.5 Å². The minimum atomic E-state index is -0.548. The average molecular weight is 370 g/mol. The predicted octanol–water partition coefficient (Wildman–Crippen LogP) is 4.67. The van der Waals surface area contributed by atoms with Gasteiger partial charge in [-0.1, -0.05) is 39.7 Å². The second-order valence-corrected chi connectivity index (χ2v) is 6.26. The van der Waals surface area contributed by atoms with Gasteiger partial charge in [-0.05, 0) is 29.8 Å². The van der Waals surface area contributed by atoms with Gasteiger partial charge >= 0.3 is 0 Å². The Morgan fingerprint density at radius 1 is 1.29 bits per heavy atom. The lowest BCUT2D eigenvalue weighted by Crippen LogP contribution is -2.19. The van der Waals surface area contributed by atoms with Crippen molar-refractivity contribution in [3.63, 3.8) is 0 Å². The van der Waals surface area contributed by atoms with Crippen LogP contribution in [0.25, 0.3) is 0 Å². The lowest BCUT2D eigenvalue weighted by atomic mass is 9.95. The highest BCUT2D eigenvalue weighted by atomic mass is 79.9. The Labute approximate surface area is 136 Å². The molecule has 1 unspecified atom stereocenters. The summed E-state index contributed by atoms with van der Waals surface area (Å²) in [6.45, 7) is 0. The smallest absolute Gasteiger partial charge is 0.137 e. The summed E-state index contributed by atoms with van der Waals surface area (Å²) in [5.41, 5.74) is 1.74. The molecule has 0 aliphatic carbocycles. The van der Waals surface area contributed by atoms with Gasteiger partial charge in [0.15, 0.2) is 0 Å². The van der Waals surface area contributed by atoms with Crippen LogP contribution in [0.5, 0.6) is 11.5 Å². The van der Waals surface area contributed by atoms with Gasteiger partial charge in [-0.3, -0.25) is 0 Å². The first-order chi connectivity index (χ1) is 10.1. The number of halogens is 2. The molecule has 2 atom stereocenters. The Kier molecular flexibility index (Phi) is 4.11. The summed E-state index contributed by atoms with van der Waals surface area (Å²) in [5.74, 6) is 1.32. The Morgan fingerprint density at radius 3 is 2.81 bits per heavy atom. The summed E-state index contributed by atoms with van der Waals surface area (Å²) >= 11 is 9.58. The fourth-order valence-corrected chi connectivity index (χ4v) is 3.11. The first-order valence-electron chi connectivity index (χ1n) is 6.56. The third kappa shape index (κ3) is 2.89. The molecule has 0 bridgehead atoms. The normalized spacial score (nSPS) is 20.6. The van der Waals surface area contributed by atoms with Crippen LogP contribution in [-0.2, 0) is 0 Å². The summed E-state index contributed by atoms with van der Waals surface area (Å²) in [5, 5.41) is 10.8. The van der Waals surface area contributed by atoms with Crippen molar-refractivity contribution in [3.05, 3.63) is 57.0 Å². The first-order valence-corrected chi connectivity index (χ1v) is 7.73. The number of ether oxygens (including phenoxy) is 2. The first kappa shape index (κ1) is 14.7. The number of benzene rings is 2. The molecule has 0 saturated carbocycles. The fourth-order valence-electron chi connectivity index (χ4n) is 2.50. The molecular formula is C16H14BrClO3. The number of rotatable bonds is 2. The molecular weight excluding hydrogens is 356 g/mol. The monoisotopic (exact) mass is 368 g/mol. The molecule has 0 spiro atoms. The molecule has 2 aromatic carbocycles. The Hall–Kier alpha value is -1.23. The van der Waals surface area contributed by atoms with Crippen molar-refractivity contribution < 1.29 is 14.6 Å². The van der Waals surface area contributed by atoms with Crippen LogP contribution in [0, 0.1) is 0 Å². The van der Waals surface area contributed by atoms with Crippen molar-refractivity contribution in [1.29, 1.82) is 0 Å². The van der Waals surface area contributed by atoms with Crippen LogP contribution in [-0.4, -0.2) is 12.2 Å². The molecule has 5 heteroatoms. The van der Waals surface area contributed by atoms with Gasteiger partial charge < -0.3 is 14.6 Å². The summed E-state index contributed by atoms with van der Waals surface area (Å²) in [7, 11) is 1.58. The lowest BCUT2D eigenvalue weighted by molar-refractivity contribution is 0.0656. The molecule has 0 fully saturated rings. The highest BCUT2D eigenvalue weighted by Crippen LogP contribution is 2.42. The summed E-state index contributed by atoms with van der Waals surface area (Å²) in [4.78, 5) is 0. The standard InChI is InChI=1S/C16H14BrClO3/c1-20-14-5-2-9(6-12(14)18)15-8-13(19)11-4-3-10(17)7-16(11)21-15/h2-7,13,15,19H,8H2,1H3/t13-,15?/m0/s1. The summed E-state index contributed by atoms with van der Waals surface area (Å²) < 4.78 is 12.1. The number of aliphatic hydroxyl groups is 1. The van der Waals surface area contributed by atoms with Crippen LogP contribution in [0.15, 0.2) is 40.9 Å². The van der Waals surface area contributed by atoms with Crippen molar-refractivity contribution in [1.82, 2.24) is 0 Å². The zero-order chi connectivity index (χ0) is 15.0. The van der Waals surface area contributed by atoms with Crippen molar-refractivity contribution in [2.45, 2.75) is 18.6 Å². The molecule has 1 heterocycles. The molecule has 2 aromatic rings. The van der Waals surface area contributed by atoms with E-state index in [2.05, 4.69) is 15.9 Å². The second-order valence-electron chi connectivity index (χ2n) is 4.93. The number of fused-ring (bicyclic) bond motifs is 1. The van der Waals surface area contributed by atoms with E-state index < -0.39 is 6.10 Å². The van der Waals surface area contributed by atoms with Crippen molar-refractivity contribution in [2.24, 2.45) is 0 Å². The van der Waals surface area contributed by atoms with Gasteiger partial charge in [0.2, 0.25) is 0 Å². The number of methoxy groups -OCH3 is 1. The molecule has 3 rings (SSSR count). The highest BCUT2D eigenvalue weighted by molar-refractivity contribution is 9.10. The van der Waals surface area contributed by atoms with Crippen LogP contribution in [0.4, 0.5) is 0 Å². The van der Waals surface area contributed by atoms with E-state index in [-0.39, 0.29) is 6.10 Å². The highest BCUT2D eigenvalue weighted by Gasteiger charge is 2.28. The van der Waals surface area contributed by atoms with Crippen LogP contribution < -0.4 is 9.47 Å². The Balaban J connectivity index is 1.93. The van der Waals surface area contributed by atoms with Gasteiger partial charge in [-0.2, -0.15) is 0 Å². The van der Waals surface area contributed by atoms with E-state index in [0.29, 0.717) is 22.9 Å². The largest absolute Gasteiger partial charge is 0.495 e. The van der Waals surface area contributed by atoms with Gasteiger partial charge in [0.05, 0.1) is 18.2 Å². The molecule has 110 valence electrons. The maximum absolute atomic E-state index is 10.3. The number of hydrogen-bond acceptors (Lipinski definition) is 3. The molecule has 3 nitrogen and oxygen atoms in total. The number of hydrogen-bond donors (Lipinski definition) is 1. The average Bonchev–Trinajstić information content (AvgIpc) is 2.46. The quantitative estimate of drug-likeness (QED) is 0.836. The van der Waals surface area contributed by atoms with E-state index in [1.807, 2.05) is 36.4 Å². The van der Waals surface area contributed by atoms with Crippen molar-refractivity contribution in [3.8, 4) is 11.5 Å². The van der Waals surface area contributed by atoms with Gasteiger partial charge in [-0.25, -0.2) is 0 Å². The fraction of sp³-hybridized carbons (Fsp3) is 0.250. The van der Waals surface area contributed by atoms with E-state index in [0.717, 1.165) is 15.6 Å². The minimum absolute atomic E-state index is 0.231. The van der Waals surface area contributed by atoms with Crippen LogP contribution in [0.2, 0.25) is 5.02 Å². The van der Waals surface area contributed by atoms with Crippen LogP contribution in [0.1, 0.15) is 29.8 Å². The third-order valence-corrected chi connectivity index (χ3v) is 4.38. The van der Waals surface area contributed by atoms with Crippen molar-refractivity contribution in [2.75, 3.05) is 7.11 Å². The van der Waals surface area contributed by atoms with Crippen molar-refractivity contribution >= 4 is 27.5 Å². The zero-order valence-corrected chi connectivity index (χ0v) is 13.7. The molecule has 1 aliphatic rings. The molecule has 0 saturated heterocycles. The summed E-state index contributed by atoms with van der Waals surface area (Å²) in [6, 6.07) is 11.2. The maximum atomic E-state index is 10.3. The van der Waals surface area contributed by atoms with Crippen LogP contribution >= 0.6 is 27.5 Å². The van der Waals surface area contributed by atoms with E-state index in [4.69, 9.17) is 21.1 Å². The van der Waals surface area contributed by atoms with Gasteiger partial charge in [-0.15, -0.1) is 0 Å². The molecule has 1 aliphatic heterocycles. The zero-order valence-electron chi connectivity index (χ0n) is 11.3. The molecule has 0 amide bonds. The predicted molar refractivity (Wildman–Crippen MR) is 85.1 cm³/mol. The van der Waals surface area contributed by atoms with E-state index in [9.17, 15) is 5.11 Å². The maximum Gasteiger partial charge on any atom is 0.137 e. The minimum Gasteiger partial charge on any atom is -0.495 e. The topological polar surface area (TPSA) is 38.7 Å². The Morgan fingerprint density at radius 2 is 2.10 bits per heavy atom. The second kappa shape index (κ2) is 5.87. The van der Waals surface area contributed by atoms with E-state index in [1.54, 1.807) is 7.11 Å². The lowest BCUT2D eigenvalue weighted by Gasteiger charge is -2.30. The number of aliphatic hydroxyl groups excluding tert-OH is 1. The molecule has 0 radical (unpaired) electrons. The molecule has 1 N–H and O–H groups in total. The Bertz CT molecular complexity index is 675. The van der Waals surface area contributed by atoms with Gasteiger partial charge in [0.1, 0.15) is 17.6 Å². The van der Waals surface area contributed by atoms with E-state index >= 15 is 0 Å². The van der Waals surface area contributed by atoms with E-state index in [1.165, 1.54) is 0 Å². The summed E-state index contributed by atoms with van der Waals surface area (Å²) in [6.07, 6.45) is -0.282. The molecule has 21 heavy (non-hydrogen) atoms. The van der Waals surface area contributed by atoms with Crippen LogP contribution in [0.3, 0.4) is 0 Å². The third-order valence-electron chi connectivity index (χ3n) is 3.59.